The van der Waals surface area contributed by atoms with Gasteiger partial charge >= 0.3 is 0 Å². The molecule has 3 N–H and O–H groups in total. The van der Waals surface area contributed by atoms with Gasteiger partial charge in [0.15, 0.2) is 0 Å². The number of benzene rings is 1. The lowest BCUT2D eigenvalue weighted by molar-refractivity contribution is -0.124. The number of hydrogen-bond donors (Lipinski definition) is 2. The molecule has 0 saturated heterocycles. The highest BCUT2D eigenvalue weighted by Crippen LogP contribution is 2.34. The van der Waals surface area contributed by atoms with Crippen LogP contribution >= 0.6 is 23.2 Å². The van der Waals surface area contributed by atoms with Gasteiger partial charge in [-0.1, -0.05) is 36.2 Å². The average molecular weight is 289 g/mol. The SMILES string of the molecule is CCC(C)(CN)C(=O)Nc1c(Cl)ccc(C)c1Cl. The molecule has 1 aromatic carbocycles. The Morgan fingerprint density at radius 2 is 2.06 bits per heavy atom. The van der Waals surface area contributed by atoms with Crippen molar-refractivity contribution >= 4 is 34.8 Å². The van der Waals surface area contributed by atoms with E-state index in [-0.39, 0.29) is 12.5 Å². The van der Waals surface area contributed by atoms with E-state index in [0.29, 0.717) is 22.2 Å². The Bertz CT molecular complexity index is 457. The Balaban J connectivity index is 3.06. The van der Waals surface area contributed by atoms with Crippen LogP contribution in [0.1, 0.15) is 25.8 Å². The average Bonchev–Trinajstić information content (AvgIpc) is 2.37. The molecule has 0 bridgehead atoms. The summed E-state index contributed by atoms with van der Waals surface area (Å²) in [5.74, 6) is -0.165. The minimum absolute atomic E-state index is 0.165. The van der Waals surface area contributed by atoms with Crippen molar-refractivity contribution in [1.82, 2.24) is 0 Å². The summed E-state index contributed by atoms with van der Waals surface area (Å²) in [4.78, 5) is 12.2. The van der Waals surface area contributed by atoms with Crippen molar-refractivity contribution in [2.75, 3.05) is 11.9 Å². The molecule has 1 atom stereocenters. The lowest BCUT2D eigenvalue weighted by atomic mass is 9.86. The fourth-order valence-electron chi connectivity index (χ4n) is 1.43. The molecule has 0 aliphatic heterocycles. The molecule has 18 heavy (non-hydrogen) atoms. The lowest BCUT2D eigenvalue weighted by Gasteiger charge is -2.25. The number of halogens is 2. The molecule has 0 aliphatic carbocycles. The predicted molar refractivity (Wildman–Crippen MR) is 77.3 cm³/mol. The zero-order valence-corrected chi connectivity index (χ0v) is 12.3. The van der Waals surface area contributed by atoms with Gasteiger partial charge in [0.25, 0.3) is 0 Å². The third-order valence-corrected chi connectivity index (χ3v) is 4.10. The van der Waals surface area contributed by atoms with Crippen molar-refractivity contribution in [3.05, 3.63) is 27.7 Å². The van der Waals surface area contributed by atoms with Gasteiger partial charge in [-0.25, -0.2) is 0 Å². The molecule has 0 heterocycles. The second-order valence-corrected chi connectivity index (χ2v) is 5.41. The first-order valence-corrected chi connectivity index (χ1v) is 6.57. The second kappa shape index (κ2) is 5.91. The highest BCUT2D eigenvalue weighted by atomic mass is 35.5. The van der Waals surface area contributed by atoms with Crippen molar-refractivity contribution in [1.29, 1.82) is 0 Å². The van der Waals surface area contributed by atoms with Gasteiger partial charge in [0, 0.05) is 6.54 Å². The van der Waals surface area contributed by atoms with E-state index >= 15 is 0 Å². The fourth-order valence-corrected chi connectivity index (χ4v) is 1.90. The Kier molecular flexibility index (Phi) is 5.02. The largest absolute Gasteiger partial charge is 0.329 e. The highest BCUT2D eigenvalue weighted by Gasteiger charge is 2.30. The van der Waals surface area contributed by atoms with Crippen LogP contribution in [0.2, 0.25) is 10.0 Å². The summed E-state index contributed by atoms with van der Waals surface area (Å²) >= 11 is 12.2. The van der Waals surface area contributed by atoms with Crippen LogP contribution in [0.25, 0.3) is 0 Å². The van der Waals surface area contributed by atoms with Crippen LogP contribution in [0.3, 0.4) is 0 Å². The fraction of sp³-hybridized carbons (Fsp3) is 0.462. The summed E-state index contributed by atoms with van der Waals surface area (Å²) < 4.78 is 0. The van der Waals surface area contributed by atoms with Crippen molar-refractivity contribution in [2.24, 2.45) is 11.1 Å². The summed E-state index contributed by atoms with van der Waals surface area (Å²) in [5.41, 5.74) is 6.35. The van der Waals surface area contributed by atoms with Crippen LogP contribution in [0, 0.1) is 12.3 Å². The van der Waals surface area contributed by atoms with Crippen LogP contribution in [-0.2, 0) is 4.79 Å². The molecule has 0 fully saturated rings. The molecule has 1 aromatic rings. The maximum absolute atomic E-state index is 12.2. The van der Waals surface area contributed by atoms with E-state index in [1.807, 2.05) is 26.8 Å². The monoisotopic (exact) mass is 288 g/mol. The molecule has 0 aromatic heterocycles. The highest BCUT2D eigenvalue weighted by molar-refractivity contribution is 6.40. The number of nitrogens with two attached hydrogens (primary N) is 1. The Morgan fingerprint density at radius 3 is 2.56 bits per heavy atom. The van der Waals surface area contributed by atoms with Gasteiger partial charge in [-0.2, -0.15) is 0 Å². The van der Waals surface area contributed by atoms with Gasteiger partial charge in [-0.15, -0.1) is 0 Å². The molecule has 1 amide bonds. The number of aryl methyl sites for hydroxylation is 1. The van der Waals surface area contributed by atoms with Crippen LogP contribution in [-0.4, -0.2) is 12.5 Å². The van der Waals surface area contributed by atoms with Gasteiger partial charge in [0.05, 0.1) is 21.1 Å². The first-order valence-electron chi connectivity index (χ1n) is 5.82. The van der Waals surface area contributed by atoms with E-state index in [1.165, 1.54) is 0 Å². The third kappa shape index (κ3) is 2.97. The number of rotatable bonds is 4. The first kappa shape index (κ1) is 15.3. The Labute approximate surface area is 118 Å². The Hall–Kier alpha value is -0.770. The molecule has 1 rings (SSSR count). The standard InChI is InChI=1S/C13H18Cl2N2O/c1-4-13(3,7-16)12(18)17-11-9(14)6-5-8(2)10(11)15/h5-6H,4,7,16H2,1-3H3,(H,17,18). The molecule has 0 radical (unpaired) electrons. The number of amides is 1. The van der Waals surface area contributed by atoms with Crippen LogP contribution in [0.5, 0.6) is 0 Å². The predicted octanol–water partition coefficient (Wildman–Crippen LogP) is 3.62. The van der Waals surface area contributed by atoms with Crippen LogP contribution in [0.4, 0.5) is 5.69 Å². The van der Waals surface area contributed by atoms with Crippen molar-refractivity contribution in [3.63, 3.8) is 0 Å². The van der Waals surface area contributed by atoms with E-state index < -0.39 is 5.41 Å². The lowest BCUT2D eigenvalue weighted by Crippen LogP contribution is -2.39. The number of carbonyl (C=O) groups excluding carboxylic acids is 1. The van der Waals surface area contributed by atoms with Gasteiger partial charge in [0.2, 0.25) is 5.91 Å². The number of anilines is 1. The molecule has 3 nitrogen and oxygen atoms in total. The zero-order chi connectivity index (χ0) is 13.9. The number of hydrogen-bond acceptors (Lipinski definition) is 2. The minimum atomic E-state index is -0.615. The molecular weight excluding hydrogens is 271 g/mol. The maximum Gasteiger partial charge on any atom is 0.231 e. The van der Waals surface area contributed by atoms with E-state index in [0.717, 1.165) is 5.56 Å². The van der Waals surface area contributed by atoms with Crippen LogP contribution < -0.4 is 11.1 Å². The van der Waals surface area contributed by atoms with E-state index in [1.54, 1.807) is 6.07 Å². The zero-order valence-electron chi connectivity index (χ0n) is 10.8. The normalized spacial score (nSPS) is 14.1. The van der Waals surface area contributed by atoms with Gasteiger partial charge in [0.1, 0.15) is 0 Å². The summed E-state index contributed by atoms with van der Waals surface area (Å²) in [5, 5.41) is 3.67. The number of carbonyl (C=O) groups is 1. The minimum Gasteiger partial charge on any atom is -0.329 e. The molecule has 1 unspecified atom stereocenters. The van der Waals surface area contributed by atoms with Gasteiger partial charge in [-0.3, -0.25) is 4.79 Å². The molecule has 0 aliphatic rings. The smallest absolute Gasteiger partial charge is 0.231 e. The van der Waals surface area contributed by atoms with Gasteiger partial charge < -0.3 is 11.1 Å². The number of nitrogens with one attached hydrogen (secondary N) is 1. The topological polar surface area (TPSA) is 55.1 Å². The van der Waals surface area contributed by atoms with E-state index in [2.05, 4.69) is 5.32 Å². The third-order valence-electron chi connectivity index (χ3n) is 3.30. The van der Waals surface area contributed by atoms with Crippen molar-refractivity contribution in [3.8, 4) is 0 Å². The molecule has 100 valence electrons. The molecule has 0 saturated carbocycles. The Morgan fingerprint density at radius 1 is 1.44 bits per heavy atom. The van der Waals surface area contributed by atoms with Gasteiger partial charge in [-0.05, 0) is 31.9 Å². The van der Waals surface area contributed by atoms with Crippen molar-refractivity contribution < 1.29 is 4.79 Å². The summed E-state index contributed by atoms with van der Waals surface area (Å²) in [6.07, 6.45) is 0.649. The maximum atomic E-state index is 12.2. The summed E-state index contributed by atoms with van der Waals surface area (Å²) in [7, 11) is 0. The molecular formula is C13H18Cl2N2O. The second-order valence-electron chi connectivity index (χ2n) is 4.63. The first-order chi connectivity index (χ1) is 8.35. The summed E-state index contributed by atoms with van der Waals surface area (Å²) in [6, 6.07) is 3.52. The summed E-state index contributed by atoms with van der Waals surface area (Å²) in [6.45, 7) is 5.87. The molecule has 5 heteroatoms. The van der Waals surface area contributed by atoms with Crippen molar-refractivity contribution in [2.45, 2.75) is 27.2 Å². The van der Waals surface area contributed by atoms with E-state index in [4.69, 9.17) is 28.9 Å². The molecule has 0 spiro atoms. The van der Waals surface area contributed by atoms with E-state index in [9.17, 15) is 4.79 Å². The quantitative estimate of drug-likeness (QED) is 0.889. The van der Waals surface area contributed by atoms with Crippen LogP contribution in [0.15, 0.2) is 12.1 Å².